The van der Waals surface area contributed by atoms with Crippen LogP contribution in [0.3, 0.4) is 0 Å². The van der Waals surface area contributed by atoms with Crippen molar-refractivity contribution in [2.45, 2.75) is 41.5 Å². The van der Waals surface area contributed by atoms with Gasteiger partial charge in [0.25, 0.3) is 0 Å². The summed E-state index contributed by atoms with van der Waals surface area (Å²) in [5, 5.41) is 0. The predicted octanol–water partition coefficient (Wildman–Crippen LogP) is 5.44. The van der Waals surface area contributed by atoms with E-state index in [4.69, 9.17) is 0 Å². The molecule has 4 nitrogen and oxygen atoms in total. The molecule has 0 unspecified atom stereocenters. The van der Waals surface area contributed by atoms with Crippen molar-refractivity contribution in [3.8, 4) is 11.1 Å². The van der Waals surface area contributed by atoms with Gasteiger partial charge in [-0.1, -0.05) is 27.7 Å². The van der Waals surface area contributed by atoms with Crippen molar-refractivity contribution in [3.63, 3.8) is 0 Å². The van der Waals surface area contributed by atoms with Crippen LogP contribution in [0.4, 0.5) is 0 Å². The van der Waals surface area contributed by atoms with Gasteiger partial charge < -0.3 is 0 Å². The lowest BCUT2D eigenvalue weighted by atomic mass is 9.90. The minimum Gasteiger partial charge on any atom is -0.295 e. The molecule has 0 aromatic heterocycles. The molecule has 0 aliphatic heterocycles. The van der Waals surface area contributed by atoms with Crippen molar-refractivity contribution in [2.24, 2.45) is 11.8 Å². The summed E-state index contributed by atoms with van der Waals surface area (Å²) >= 11 is 0. The van der Waals surface area contributed by atoms with Crippen LogP contribution in [0.25, 0.3) is 11.1 Å². The lowest BCUT2D eigenvalue weighted by Crippen LogP contribution is -2.10. The number of Topliss-reactive ketones (excluding diaryl/α,β-unsaturated/α-hetero) is 4. The highest BCUT2D eigenvalue weighted by molar-refractivity contribution is 6.05. The van der Waals surface area contributed by atoms with E-state index >= 15 is 0 Å². The molecule has 0 N–H and O–H groups in total. The number of carbonyl (C=O) groups is 4. The molecule has 0 saturated heterocycles. The van der Waals surface area contributed by atoms with Crippen molar-refractivity contribution in [3.05, 3.63) is 58.7 Å². The molecular weight excluding hydrogens is 352 g/mol. The molecular formula is C24H26O4. The molecule has 4 heteroatoms. The monoisotopic (exact) mass is 378 g/mol. The second kappa shape index (κ2) is 8.42. The van der Waals surface area contributed by atoms with Gasteiger partial charge in [-0.3, -0.25) is 19.2 Å². The van der Waals surface area contributed by atoms with Gasteiger partial charge in [-0.25, -0.2) is 0 Å². The third kappa shape index (κ3) is 4.69. The zero-order valence-corrected chi connectivity index (χ0v) is 17.3. The Morgan fingerprint density at radius 2 is 0.821 bits per heavy atom. The Morgan fingerprint density at radius 1 is 0.536 bits per heavy atom. The van der Waals surface area contributed by atoms with E-state index in [-0.39, 0.29) is 35.0 Å². The molecule has 0 amide bonds. The van der Waals surface area contributed by atoms with E-state index in [1.165, 1.54) is 13.8 Å². The minimum atomic E-state index is -0.211. The molecule has 146 valence electrons. The number of ketones is 4. The van der Waals surface area contributed by atoms with Crippen LogP contribution in [0.15, 0.2) is 36.4 Å². The highest BCUT2D eigenvalue weighted by atomic mass is 16.1. The van der Waals surface area contributed by atoms with Gasteiger partial charge >= 0.3 is 0 Å². The first-order valence-electron chi connectivity index (χ1n) is 9.42. The van der Waals surface area contributed by atoms with Crippen molar-refractivity contribution in [1.82, 2.24) is 0 Å². The molecule has 0 bridgehead atoms. The lowest BCUT2D eigenvalue weighted by molar-refractivity contribution is 0.0931. The Balaban J connectivity index is 2.75. The Kier molecular flexibility index (Phi) is 6.45. The van der Waals surface area contributed by atoms with E-state index in [9.17, 15) is 19.2 Å². The summed E-state index contributed by atoms with van der Waals surface area (Å²) < 4.78 is 0. The fraction of sp³-hybridized carbons (Fsp3) is 0.333. The summed E-state index contributed by atoms with van der Waals surface area (Å²) in [4.78, 5) is 49.0. The zero-order chi connectivity index (χ0) is 21.2. The molecule has 0 spiro atoms. The SMILES string of the molecule is CC(=O)c1cc(C(=O)C(C)C)cc(-c2cc(C(C)=O)cc(C(=O)C(C)C)c2)c1. The maximum absolute atomic E-state index is 12.5. The van der Waals surface area contributed by atoms with E-state index in [0.717, 1.165) is 0 Å². The number of hydrogen-bond donors (Lipinski definition) is 0. The Bertz CT molecular complexity index is 885. The normalized spacial score (nSPS) is 11.0. The van der Waals surface area contributed by atoms with Gasteiger partial charge in [-0.15, -0.1) is 0 Å². The largest absolute Gasteiger partial charge is 0.295 e. The van der Waals surface area contributed by atoms with Crippen LogP contribution in [0.5, 0.6) is 0 Å². The second-order valence-electron chi connectivity index (χ2n) is 7.75. The van der Waals surface area contributed by atoms with Gasteiger partial charge in [0.1, 0.15) is 0 Å². The van der Waals surface area contributed by atoms with Crippen LogP contribution in [-0.4, -0.2) is 23.1 Å². The molecule has 2 rings (SSSR count). The number of hydrogen-bond acceptors (Lipinski definition) is 4. The fourth-order valence-electron chi connectivity index (χ4n) is 2.95. The second-order valence-corrected chi connectivity index (χ2v) is 7.75. The minimum absolute atomic E-state index is 0.0643. The van der Waals surface area contributed by atoms with Crippen molar-refractivity contribution < 1.29 is 19.2 Å². The molecule has 0 fully saturated rings. The van der Waals surface area contributed by atoms with Crippen LogP contribution >= 0.6 is 0 Å². The van der Waals surface area contributed by atoms with E-state index < -0.39 is 0 Å². The van der Waals surface area contributed by atoms with Crippen LogP contribution in [0.1, 0.15) is 83.0 Å². The Hall–Kier alpha value is -2.88. The fourth-order valence-corrected chi connectivity index (χ4v) is 2.95. The van der Waals surface area contributed by atoms with Crippen LogP contribution < -0.4 is 0 Å². The van der Waals surface area contributed by atoms with Gasteiger partial charge in [0, 0.05) is 34.1 Å². The third-order valence-electron chi connectivity index (χ3n) is 4.63. The lowest BCUT2D eigenvalue weighted by Gasteiger charge is -2.13. The summed E-state index contributed by atoms with van der Waals surface area (Å²) in [6, 6.07) is 10.0. The number of rotatable bonds is 7. The zero-order valence-electron chi connectivity index (χ0n) is 17.3. The van der Waals surface area contributed by atoms with E-state index in [1.54, 1.807) is 64.1 Å². The smallest absolute Gasteiger partial charge is 0.165 e. The highest BCUT2D eigenvalue weighted by Crippen LogP contribution is 2.28. The van der Waals surface area contributed by atoms with Crippen LogP contribution in [-0.2, 0) is 0 Å². The van der Waals surface area contributed by atoms with Crippen LogP contribution in [0, 0.1) is 11.8 Å². The summed E-state index contributed by atoms with van der Waals surface area (Å²) in [5.74, 6) is -0.855. The third-order valence-corrected chi connectivity index (χ3v) is 4.63. The molecule has 28 heavy (non-hydrogen) atoms. The van der Waals surface area contributed by atoms with E-state index in [0.29, 0.717) is 33.4 Å². The quantitative estimate of drug-likeness (QED) is 0.602. The first kappa shape index (κ1) is 21.4. The average Bonchev–Trinajstić information content (AvgIpc) is 2.65. The summed E-state index contributed by atoms with van der Waals surface area (Å²) in [5.41, 5.74) is 3.01. The van der Waals surface area contributed by atoms with Crippen molar-refractivity contribution >= 4 is 23.1 Å². The summed E-state index contributed by atoms with van der Waals surface area (Å²) in [6.07, 6.45) is 0. The van der Waals surface area contributed by atoms with Gasteiger partial charge in [0.15, 0.2) is 23.1 Å². The van der Waals surface area contributed by atoms with Gasteiger partial charge in [0.2, 0.25) is 0 Å². The summed E-state index contributed by atoms with van der Waals surface area (Å²) in [6.45, 7) is 10.1. The molecule has 0 aliphatic carbocycles. The molecule has 0 aliphatic rings. The molecule has 2 aromatic rings. The van der Waals surface area contributed by atoms with Crippen LogP contribution in [0.2, 0.25) is 0 Å². The van der Waals surface area contributed by atoms with E-state index in [1.807, 2.05) is 0 Å². The van der Waals surface area contributed by atoms with Gasteiger partial charge in [-0.2, -0.15) is 0 Å². The maximum atomic E-state index is 12.5. The Morgan fingerprint density at radius 3 is 1.07 bits per heavy atom. The molecule has 0 saturated carbocycles. The summed E-state index contributed by atoms with van der Waals surface area (Å²) in [7, 11) is 0. The maximum Gasteiger partial charge on any atom is 0.165 e. The first-order chi connectivity index (χ1) is 13.0. The number of carbonyl (C=O) groups excluding carboxylic acids is 4. The molecule has 0 radical (unpaired) electrons. The van der Waals surface area contributed by atoms with Crippen molar-refractivity contribution in [2.75, 3.05) is 0 Å². The topological polar surface area (TPSA) is 68.3 Å². The first-order valence-corrected chi connectivity index (χ1v) is 9.42. The average molecular weight is 378 g/mol. The Labute approximate surface area is 166 Å². The standard InChI is InChI=1S/C24H26O4/c1-13(2)23(27)21-9-17(15(5)25)7-19(11-21)20-8-18(16(6)26)10-22(12-20)24(28)14(3)4/h7-14H,1-6H3. The van der Waals surface area contributed by atoms with E-state index in [2.05, 4.69) is 0 Å². The van der Waals surface area contributed by atoms with Gasteiger partial charge in [0.05, 0.1) is 0 Å². The molecule has 2 aromatic carbocycles. The van der Waals surface area contributed by atoms with Gasteiger partial charge in [-0.05, 0) is 61.4 Å². The number of benzene rings is 2. The molecule has 0 atom stereocenters. The molecule has 0 heterocycles. The van der Waals surface area contributed by atoms with Crippen molar-refractivity contribution in [1.29, 1.82) is 0 Å². The predicted molar refractivity (Wildman–Crippen MR) is 110 cm³/mol. The highest BCUT2D eigenvalue weighted by Gasteiger charge is 2.18.